The molecule has 0 spiro atoms. The van der Waals surface area contributed by atoms with Crippen molar-refractivity contribution in [1.29, 1.82) is 0 Å². The van der Waals surface area contributed by atoms with Crippen LogP contribution in [0.4, 0.5) is 5.69 Å². The zero-order valence-corrected chi connectivity index (χ0v) is 26.5. The number of nitrogens with one attached hydrogen (secondary N) is 1. The molecule has 0 radical (unpaired) electrons. The number of nitrogens with zero attached hydrogens (tertiary/aromatic N) is 2. The topological polar surface area (TPSA) is 86.8 Å². The molecular formula is C32H37Cl2N3O4S. The summed E-state index contributed by atoms with van der Waals surface area (Å²) in [5.74, 6) is -0.814. The Bertz CT molecular complexity index is 1520. The van der Waals surface area contributed by atoms with Crippen molar-refractivity contribution in [2.75, 3.05) is 10.8 Å². The van der Waals surface area contributed by atoms with Crippen molar-refractivity contribution in [2.45, 2.75) is 76.4 Å². The van der Waals surface area contributed by atoms with E-state index in [0.717, 1.165) is 53.1 Å². The molecule has 0 aliphatic heterocycles. The van der Waals surface area contributed by atoms with Crippen LogP contribution in [0, 0.1) is 13.8 Å². The van der Waals surface area contributed by atoms with Crippen molar-refractivity contribution in [3.8, 4) is 0 Å². The Morgan fingerprint density at radius 2 is 1.62 bits per heavy atom. The van der Waals surface area contributed by atoms with E-state index in [4.69, 9.17) is 23.2 Å². The largest absolute Gasteiger partial charge is 0.352 e. The second-order valence-corrected chi connectivity index (χ2v) is 13.7. The Kier molecular flexibility index (Phi) is 10.6. The fraction of sp³-hybridized carbons (Fsp3) is 0.375. The second kappa shape index (κ2) is 13.9. The first-order valence-electron chi connectivity index (χ1n) is 14.2. The Balaban J connectivity index is 1.71. The third-order valence-electron chi connectivity index (χ3n) is 7.62. The van der Waals surface area contributed by atoms with Gasteiger partial charge in [-0.25, -0.2) is 8.42 Å². The van der Waals surface area contributed by atoms with E-state index in [9.17, 15) is 18.0 Å². The summed E-state index contributed by atoms with van der Waals surface area (Å²) in [5.41, 5.74) is 2.80. The molecule has 10 heteroatoms. The van der Waals surface area contributed by atoms with E-state index in [1.165, 1.54) is 29.2 Å². The lowest BCUT2D eigenvalue weighted by Gasteiger charge is -2.33. The maximum atomic E-state index is 14.1. The van der Waals surface area contributed by atoms with Gasteiger partial charge in [0.1, 0.15) is 12.6 Å². The quantitative estimate of drug-likeness (QED) is 0.271. The van der Waals surface area contributed by atoms with Crippen molar-refractivity contribution in [2.24, 2.45) is 0 Å². The Morgan fingerprint density at radius 3 is 2.29 bits per heavy atom. The van der Waals surface area contributed by atoms with E-state index in [2.05, 4.69) is 5.32 Å². The van der Waals surface area contributed by atoms with Crippen LogP contribution >= 0.6 is 23.2 Å². The third-order valence-corrected chi connectivity index (χ3v) is 9.95. The normalized spacial score (nSPS) is 14.7. The van der Waals surface area contributed by atoms with Crippen LogP contribution in [-0.4, -0.2) is 43.8 Å². The molecule has 1 atom stereocenters. The first-order valence-corrected chi connectivity index (χ1v) is 16.3. The maximum absolute atomic E-state index is 14.1. The smallest absolute Gasteiger partial charge is 0.264 e. The number of benzene rings is 3. The highest BCUT2D eigenvalue weighted by Gasteiger charge is 2.34. The zero-order chi connectivity index (χ0) is 30.4. The summed E-state index contributed by atoms with van der Waals surface area (Å²) in [6.45, 7) is 5.03. The number of anilines is 1. The summed E-state index contributed by atoms with van der Waals surface area (Å²) in [7, 11) is -4.24. The van der Waals surface area contributed by atoms with Gasteiger partial charge >= 0.3 is 0 Å². The molecule has 224 valence electrons. The average Bonchev–Trinajstić information content (AvgIpc) is 2.96. The number of hydrogen-bond donors (Lipinski definition) is 1. The van der Waals surface area contributed by atoms with Gasteiger partial charge in [0.2, 0.25) is 11.8 Å². The van der Waals surface area contributed by atoms with Crippen LogP contribution in [0.1, 0.15) is 55.7 Å². The number of aryl methyl sites for hydroxylation is 2. The number of amides is 2. The molecule has 0 saturated heterocycles. The van der Waals surface area contributed by atoms with Crippen LogP contribution in [0.15, 0.2) is 71.6 Å². The molecule has 0 heterocycles. The highest BCUT2D eigenvalue weighted by Crippen LogP contribution is 2.33. The Labute approximate surface area is 258 Å². The van der Waals surface area contributed by atoms with Crippen molar-refractivity contribution in [3.63, 3.8) is 0 Å². The van der Waals surface area contributed by atoms with Crippen molar-refractivity contribution < 1.29 is 18.0 Å². The lowest BCUT2D eigenvalue weighted by molar-refractivity contribution is -0.139. The molecule has 1 aliphatic carbocycles. The number of carbonyl (C=O) groups excluding carboxylic acids is 2. The lowest BCUT2D eigenvalue weighted by atomic mass is 9.95. The lowest BCUT2D eigenvalue weighted by Crippen LogP contribution is -2.53. The zero-order valence-electron chi connectivity index (χ0n) is 24.1. The molecular weight excluding hydrogens is 593 g/mol. The number of halogens is 2. The number of rotatable bonds is 10. The van der Waals surface area contributed by atoms with Gasteiger partial charge in [-0.2, -0.15) is 0 Å². The second-order valence-electron chi connectivity index (χ2n) is 11.0. The summed E-state index contributed by atoms with van der Waals surface area (Å²) in [4.78, 5) is 29.0. The van der Waals surface area contributed by atoms with Crippen LogP contribution in [-0.2, 0) is 26.2 Å². The Hall–Kier alpha value is -3.07. The highest BCUT2D eigenvalue weighted by atomic mass is 35.5. The first-order chi connectivity index (χ1) is 20.0. The van der Waals surface area contributed by atoms with Gasteiger partial charge in [0.15, 0.2) is 0 Å². The van der Waals surface area contributed by atoms with E-state index in [1.54, 1.807) is 25.1 Å². The van der Waals surface area contributed by atoms with E-state index < -0.39 is 28.5 Å². The van der Waals surface area contributed by atoms with Gasteiger partial charge in [-0.15, -0.1) is 0 Å². The Morgan fingerprint density at radius 1 is 0.929 bits per heavy atom. The maximum Gasteiger partial charge on any atom is 0.264 e. The van der Waals surface area contributed by atoms with Crippen molar-refractivity contribution in [3.05, 3.63) is 93.5 Å². The van der Waals surface area contributed by atoms with Crippen LogP contribution in [0.2, 0.25) is 10.0 Å². The van der Waals surface area contributed by atoms with E-state index in [0.29, 0.717) is 0 Å². The standard InChI is InChI=1S/C32H37Cl2N3O4S/c1-22-12-15-28(16-13-22)42(40,41)37(30-19-26(33)14-17-29(30)34)21-31(38)36(20-25-9-7-8-23(2)18-25)24(3)32(39)35-27-10-5-4-6-11-27/h7-9,12-19,24,27H,4-6,10-11,20-21H2,1-3H3,(H,35,39)/t24-/m1/s1. The molecule has 1 N–H and O–H groups in total. The monoisotopic (exact) mass is 629 g/mol. The molecule has 4 rings (SSSR count). The molecule has 3 aromatic carbocycles. The highest BCUT2D eigenvalue weighted by molar-refractivity contribution is 7.92. The minimum atomic E-state index is -4.24. The molecule has 0 aromatic heterocycles. The predicted molar refractivity (Wildman–Crippen MR) is 168 cm³/mol. The predicted octanol–water partition coefficient (Wildman–Crippen LogP) is 6.67. The minimum absolute atomic E-state index is 0.00488. The molecule has 3 aromatic rings. The summed E-state index contributed by atoms with van der Waals surface area (Å²) in [6, 6.07) is 17.7. The van der Waals surface area contributed by atoms with Gasteiger partial charge in [-0.3, -0.25) is 13.9 Å². The van der Waals surface area contributed by atoms with Crippen LogP contribution in [0.25, 0.3) is 0 Å². The molecule has 1 saturated carbocycles. The van der Waals surface area contributed by atoms with Crippen LogP contribution in [0.5, 0.6) is 0 Å². The van der Waals surface area contributed by atoms with Crippen LogP contribution in [0.3, 0.4) is 0 Å². The van der Waals surface area contributed by atoms with Crippen molar-refractivity contribution >= 4 is 50.7 Å². The molecule has 1 fully saturated rings. The molecule has 0 bridgehead atoms. The van der Waals surface area contributed by atoms with Gasteiger partial charge < -0.3 is 10.2 Å². The SMILES string of the molecule is Cc1ccc(S(=O)(=O)N(CC(=O)N(Cc2cccc(C)c2)[C@H](C)C(=O)NC2CCCCC2)c2cc(Cl)ccc2Cl)cc1. The first kappa shape index (κ1) is 31.9. The van der Waals surface area contributed by atoms with Crippen LogP contribution < -0.4 is 9.62 Å². The van der Waals surface area contributed by atoms with E-state index in [-0.39, 0.29) is 39.1 Å². The van der Waals surface area contributed by atoms with Gasteiger partial charge in [0, 0.05) is 17.6 Å². The summed E-state index contributed by atoms with van der Waals surface area (Å²) in [6.07, 6.45) is 5.06. The number of carbonyl (C=O) groups is 2. The van der Waals surface area contributed by atoms with Gasteiger partial charge in [0.25, 0.3) is 10.0 Å². The van der Waals surface area contributed by atoms with E-state index in [1.807, 2.05) is 38.1 Å². The van der Waals surface area contributed by atoms with Gasteiger partial charge in [-0.1, -0.05) is 90.0 Å². The van der Waals surface area contributed by atoms with Crippen molar-refractivity contribution in [1.82, 2.24) is 10.2 Å². The van der Waals surface area contributed by atoms with Gasteiger partial charge in [-0.05, 0) is 69.5 Å². The molecule has 7 nitrogen and oxygen atoms in total. The molecule has 0 unspecified atom stereocenters. The van der Waals surface area contributed by atoms with E-state index >= 15 is 0 Å². The summed E-state index contributed by atoms with van der Waals surface area (Å²) < 4.78 is 29.0. The third kappa shape index (κ3) is 7.85. The molecule has 42 heavy (non-hydrogen) atoms. The van der Waals surface area contributed by atoms with Gasteiger partial charge in [0.05, 0.1) is 15.6 Å². The average molecular weight is 631 g/mol. The minimum Gasteiger partial charge on any atom is -0.352 e. The molecule has 1 aliphatic rings. The summed E-state index contributed by atoms with van der Waals surface area (Å²) in [5, 5.41) is 3.50. The fourth-order valence-corrected chi connectivity index (χ4v) is 7.05. The number of hydrogen-bond acceptors (Lipinski definition) is 4. The molecule has 2 amide bonds. The number of sulfonamides is 1. The summed E-state index contributed by atoms with van der Waals surface area (Å²) >= 11 is 12.7. The fourth-order valence-electron chi connectivity index (χ4n) is 5.19.